The zero-order valence-electron chi connectivity index (χ0n) is 19.1. The summed E-state index contributed by atoms with van der Waals surface area (Å²) in [6, 6.07) is 20.5. The molecule has 176 valence electrons. The summed E-state index contributed by atoms with van der Waals surface area (Å²) in [5.74, 6) is -0.366. The SMILES string of the molecule is CN(C)c1ccc([C@H](Nc2ccc(C(=N)N)cc2)C(=O)NCCc2ccccc2)cc1[N+](=O)[O-]. The zero-order chi connectivity index (χ0) is 24.7. The lowest BCUT2D eigenvalue weighted by atomic mass is 10.0. The van der Waals surface area contributed by atoms with Crippen molar-refractivity contribution in [1.29, 1.82) is 5.41 Å². The van der Waals surface area contributed by atoms with Gasteiger partial charge in [0.25, 0.3) is 5.69 Å². The minimum absolute atomic E-state index is 0.0587. The van der Waals surface area contributed by atoms with E-state index in [9.17, 15) is 14.9 Å². The summed E-state index contributed by atoms with van der Waals surface area (Å²) in [5, 5.41) is 25.3. The topological polar surface area (TPSA) is 137 Å². The van der Waals surface area contributed by atoms with Gasteiger partial charge < -0.3 is 21.3 Å². The second kappa shape index (κ2) is 11.0. The van der Waals surface area contributed by atoms with E-state index in [1.807, 2.05) is 30.3 Å². The number of nitrogens with one attached hydrogen (secondary N) is 3. The molecule has 0 aliphatic carbocycles. The fraction of sp³-hybridized carbons (Fsp3) is 0.200. The maximum Gasteiger partial charge on any atom is 0.292 e. The van der Waals surface area contributed by atoms with Gasteiger partial charge in [-0.15, -0.1) is 0 Å². The fourth-order valence-corrected chi connectivity index (χ4v) is 3.53. The maximum absolute atomic E-state index is 13.2. The van der Waals surface area contributed by atoms with Gasteiger partial charge in [0.15, 0.2) is 0 Å². The summed E-state index contributed by atoms with van der Waals surface area (Å²) in [6.45, 7) is 0.419. The molecule has 3 rings (SSSR count). The van der Waals surface area contributed by atoms with E-state index in [1.54, 1.807) is 55.4 Å². The Labute approximate surface area is 198 Å². The van der Waals surface area contributed by atoms with Crippen molar-refractivity contribution >= 4 is 28.8 Å². The molecular weight excluding hydrogens is 432 g/mol. The van der Waals surface area contributed by atoms with Crippen LogP contribution in [-0.2, 0) is 11.2 Å². The van der Waals surface area contributed by atoms with Gasteiger partial charge in [0.2, 0.25) is 5.91 Å². The Balaban J connectivity index is 1.87. The molecule has 0 spiro atoms. The van der Waals surface area contributed by atoms with Gasteiger partial charge >= 0.3 is 0 Å². The molecule has 1 amide bonds. The Morgan fingerprint density at radius 1 is 1.09 bits per heavy atom. The number of nitro groups is 1. The molecule has 0 saturated carbocycles. The summed E-state index contributed by atoms with van der Waals surface area (Å²) >= 11 is 0. The predicted octanol–water partition coefficient (Wildman–Crippen LogP) is 3.46. The molecule has 5 N–H and O–H groups in total. The van der Waals surface area contributed by atoms with Gasteiger partial charge in [0.05, 0.1) is 4.92 Å². The van der Waals surface area contributed by atoms with E-state index in [0.29, 0.717) is 35.5 Å². The zero-order valence-corrected chi connectivity index (χ0v) is 19.1. The van der Waals surface area contributed by atoms with Crippen LogP contribution in [0.25, 0.3) is 0 Å². The second-order valence-corrected chi connectivity index (χ2v) is 7.99. The third kappa shape index (κ3) is 6.10. The molecule has 9 heteroatoms. The minimum atomic E-state index is -0.867. The van der Waals surface area contributed by atoms with E-state index < -0.39 is 11.0 Å². The molecule has 34 heavy (non-hydrogen) atoms. The lowest BCUT2D eigenvalue weighted by Crippen LogP contribution is -2.34. The van der Waals surface area contributed by atoms with E-state index in [-0.39, 0.29) is 17.4 Å². The molecule has 0 aliphatic heterocycles. The van der Waals surface area contributed by atoms with Gasteiger partial charge in [-0.05, 0) is 47.9 Å². The molecule has 0 aliphatic rings. The van der Waals surface area contributed by atoms with Crippen molar-refractivity contribution in [3.8, 4) is 0 Å². The quantitative estimate of drug-likeness (QED) is 0.158. The van der Waals surface area contributed by atoms with Crippen LogP contribution in [0, 0.1) is 15.5 Å². The molecule has 0 aromatic heterocycles. The van der Waals surface area contributed by atoms with Gasteiger partial charge in [-0.3, -0.25) is 20.3 Å². The van der Waals surface area contributed by atoms with Crippen LogP contribution in [0.2, 0.25) is 0 Å². The summed E-state index contributed by atoms with van der Waals surface area (Å²) in [7, 11) is 3.45. The summed E-state index contributed by atoms with van der Waals surface area (Å²) in [4.78, 5) is 26.1. The molecule has 0 saturated heterocycles. The number of amides is 1. The highest BCUT2D eigenvalue weighted by molar-refractivity contribution is 5.95. The Morgan fingerprint density at radius 2 is 1.76 bits per heavy atom. The normalized spacial score (nSPS) is 11.4. The number of carbonyl (C=O) groups excluding carboxylic acids is 1. The van der Waals surface area contributed by atoms with Gasteiger partial charge in [-0.2, -0.15) is 0 Å². The van der Waals surface area contributed by atoms with Crippen molar-refractivity contribution < 1.29 is 9.72 Å². The number of benzene rings is 3. The van der Waals surface area contributed by atoms with Crippen LogP contribution in [-0.4, -0.2) is 37.3 Å². The third-order valence-electron chi connectivity index (χ3n) is 5.34. The molecule has 0 radical (unpaired) electrons. The third-order valence-corrected chi connectivity index (χ3v) is 5.34. The molecule has 0 unspecified atom stereocenters. The molecule has 3 aromatic rings. The first-order valence-corrected chi connectivity index (χ1v) is 10.7. The Hall–Kier alpha value is -4.40. The average Bonchev–Trinajstić information content (AvgIpc) is 2.83. The smallest absolute Gasteiger partial charge is 0.292 e. The lowest BCUT2D eigenvalue weighted by Gasteiger charge is -2.21. The van der Waals surface area contributed by atoms with Crippen LogP contribution in [0.3, 0.4) is 0 Å². The van der Waals surface area contributed by atoms with E-state index in [0.717, 1.165) is 5.56 Å². The van der Waals surface area contributed by atoms with Gasteiger partial charge in [-0.1, -0.05) is 36.4 Å². The highest BCUT2D eigenvalue weighted by Gasteiger charge is 2.25. The minimum Gasteiger partial charge on any atom is -0.384 e. The molecule has 0 heterocycles. The number of nitrogen functional groups attached to an aromatic ring is 1. The predicted molar refractivity (Wildman–Crippen MR) is 134 cm³/mol. The number of hydrogen-bond acceptors (Lipinski definition) is 6. The van der Waals surface area contributed by atoms with E-state index >= 15 is 0 Å². The Bertz CT molecular complexity index is 1160. The maximum atomic E-state index is 13.2. The van der Waals surface area contributed by atoms with Crippen molar-refractivity contribution in [2.24, 2.45) is 5.73 Å². The molecule has 1 atom stereocenters. The van der Waals surface area contributed by atoms with E-state index in [1.165, 1.54) is 6.07 Å². The number of nitrogens with zero attached hydrogens (tertiary/aromatic N) is 2. The largest absolute Gasteiger partial charge is 0.384 e. The molecule has 0 fully saturated rings. The van der Waals surface area contributed by atoms with Crippen molar-refractivity contribution in [3.05, 3.63) is 99.6 Å². The average molecular weight is 461 g/mol. The van der Waals surface area contributed by atoms with Crippen LogP contribution in [0.4, 0.5) is 17.1 Å². The van der Waals surface area contributed by atoms with Gasteiger partial charge in [0.1, 0.15) is 17.6 Å². The van der Waals surface area contributed by atoms with Crippen LogP contribution in [0.15, 0.2) is 72.8 Å². The number of nitrogens with two attached hydrogens (primary N) is 1. The van der Waals surface area contributed by atoms with Crippen molar-refractivity contribution in [3.63, 3.8) is 0 Å². The number of carbonyl (C=O) groups is 1. The lowest BCUT2D eigenvalue weighted by molar-refractivity contribution is -0.384. The van der Waals surface area contributed by atoms with Crippen molar-refractivity contribution in [2.75, 3.05) is 30.9 Å². The second-order valence-electron chi connectivity index (χ2n) is 7.99. The van der Waals surface area contributed by atoms with Gasteiger partial charge in [-0.25, -0.2) is 0 Å². The Morgan fingerprint density at radius 3 is 2.35 bits per heavy atom. The first-order valence-electron chi connectivity index (χ1n) is 10.7. The number of anilines is 2. The highest BCUT2D eigenvalue weighted by atomic mass is 16.6. The van der Waals surface area contributed by atoms with Gasteiger partial charge in [0, 0.05) is 38.0 Å². The van der Waals surface area contributed by atoms with Crippen molar-refractivity contribution in [1.82, 2.24) is 5.32 Å². The number of rotatable bonds is 10. The highest BCUT2D eigenvalue weighted by Crippen LogP contribution is 2.31. The first-order chi connectivity index (χ1) is 16.3. The number of nitro benzene ring substituents is 1. The Kier molecular flexibility index (Phi) is 7.81. The van der Waals surface area contributed by atoms with E-state index in [2.05, 4.69) is 10.6 Å². The van der Waals surface area contributed by atoms with E-state index in [4.69, 9.17) is 11.1 Å². The summed E-state index contributed by atoms with van der Waals surface area (Å²) < 4.78 is 0. The summed E-state index contributed by atoms with van der Waals surface area (Å²) in [5.41, 5.74) is 8.62. The van der Waals surface area contributed by atoms with Crippen molar-refractivity contribution in [2.45, 2.75) is 12.5 Å². The first kappa shape index (κ1) is 24.2. The number of amidine groups is 1. The summed E-state index contributed by atoms with van der Waals surface area (Å²) in [6.07, 6.45) is 0.659. The fourth-order valence-electron chi connectivity index (χ4n) is 3.53. The van der Waals surface area contributed by atoms with Crippen LogP contribution in [0.1, 0.15) is 22.7 Å². The molecular formula is C25H28N6O3. The van der Waals surface area contributed by atoms with Crippen LogP contribution < -0.4 is 21.3 Å². The molecule has 9 nitrogen and oxygen atoms in total. The monoisotopic (exact) mass is 460 g/mol. The molecule has 3 aromatic carbocycles. The van der Waals surface area contributed by atoms with Crippen LogP contribution in [0.5, 0.6) is 0 Å². The van der Waals surface area contributed by atoms with Crippen LogP contribution >= 0.6 is 0 Å². The number of hydrogen-bond donors (Lipinski definition) is 4. The standard InChI is InChI=1S/C25H28N6O3/c1-30(2)21-13-10-19(16-22(21)31(33)34)23(29-20-11-8-18(9-12-20)24(26)27)25(32)28-15-14-17-6-4-3-5-7-17/h3-13,16,23,29H,14-15H2,1-2H3,(H3,26,27)(H,28,32)/t23-/m0/s1. The molecule has 0 bridgehead atoms.